The van der Waals surface area contributed by atoms with Crippen LogP contribution in [-0.2, 0) is 6.18 Å². The van der Waals surface area contributed by atoms with E-state index in [1.165, 1.54) is 13.2 Å². The quantitative estimate of drug-likeness (QED) is 0.846. The lowest BCUT2D eigenvalue weighted by Gasteiger charge is -2.26. The molecule has 0 aliphatic carbocycles. The van der Waals surface area contributed by atoms with Crippen LogP contribution >= 0.6 is 0 Å². The van der Waals surface area contributed by atoms with E-state index in [4.69, 9.17) is 4.74 Å². The summed E-state index contributed by atoms with van der Waals surface area (Å²) in [6, 6.07) is 2.99. The Morgan fingerprint density at radius 2 is 2.00 bits per heavy atom. The number of carbonyl (C=O) groups excluding carboxylic acids is 1. The van der Waals surface area contributed by atoms with E-state index < -0.39 is 11.7 Å². The van der Waals surface area contributed by atoms with Crippen molar-refractivity contribution in [2.24, 2.45) is 0 Å². The number of rotatable bonds is 5. The molecule has 0 aromatic heterocycles. The van der Waals surface area contributed by atoms with Crippen LogP contribution in [-0.4, -0.2) is 50.5 Å². The summed E-state index contributed by atoms with van der Waals surface area (Å²) in [4.78, 5) is 14.4. The largest absolute Gasteiger partial charge is 0.496 e. The van der Waals surface area contributed by atoms with Crippen LogP contribution in [0.25, 0.3) is 0 Å². The molecule has 0 radical (unpaired) electrons. The normalized spacial score (nSPS) is 16.5. The Balaban J connectivity index is 2.05. The second-order valence-electron chi connectivity index (χ2n) is 5.18. The maximum absolute atomic E-state index is 12.7. The first kappa shape index (κ1) is 16.8. The second kappa shape index (κ2) is 7.11. The van der Waals surface area contributed by atoms with E-state index in [0.717, 1.165) is 38.3 Å². The molecule has 1 saturated heterocycles. The van der Waals surface area contributed by atoms with Gasteiger partial charge in [0.1, 0.15) is 5.75 Å². The van der Waals surface area contributed by atoms with Gasteiger partial charge in [0.2, 0.25) is 0 Å². The van der Waals surface area contributed by atoms with Gasteiger partial charge in [-0.05, 0) is 18.2 Å². The maximum atomic E-state index is 12.7. The average molecular weight is 316 g/mol. The highest BCUT2D eigenvalue weighted by Crippen LogP contribution is 2.33. The highest BCUT2D eigenvalue weighted by atomic mass is 19.4. The molecule has 0 bridgehead atoms. The molecule has 7 heteroatoms. The Kier molecular flexibility index (Phi) is 5.42. The molecule has 0 atom stereocenters. The van der Waals surface area contributed by atoms with E-state index in [0.29, 0.717) is 6.54 Å². The van der Waals surface area contributed by atoms with Crippen LogP contribution in [0, 0.1) is 0 Å². The third-order valence-electron chi connectivity index (χ3n) is 3.69. The molecule has 1 aromatic rings. The number of ketones is 1. The molecule has 1 heterocycles. The highest BCUT2D eigenvalue weighted by Gasteiger charge is 2.31. The molecule has 1 aliphatic heterocycles. The summed E-state index contributed by atoms with van der Waals surface area (Å²) < 4.78 is 43.0. The van der Waals surface area contributed by atoms with Gasteiger partial charge in [0.25, 0.3) is 0 Å². The Labute approximate surface area is 127 Å². The number of Topliss-reactive ketones (excluding diaryl/α,β-unsaturated/α-hetero) is 1. The molecule has 1 aliphatic rings. The van der Waals surface area contributed by atoms with Crippen LogP contribution in [0.1, 0.15) is 22.3 Å². The SMILES string of the molecule is COc1cc(C(F)(F)F)ccc1C(=O)CCN1CCNCC1. The summed E-state index contributed by atoms with van der Waals surface area (Å²) in [6.45, 7) is 4.12. The van der Waals surface area contributed by atoms with Crippen LogP contribution in [0.15, 0.2) is 18.2 Å². The monoisotopic (exact) mass is 316 g/mol. The minimum atomic E-state index is -4.45. The molecule has 0 saturated carbocycles. The van der Waals surface area contributed by atoms with Gasteiger partial charge in [0, 0.05) is 39.1 Å². The molecule has 0 unspecified atom stereocenters. The van der Waals surface area contributed by atoms with E-state index in [1.54, 1.807) is 0 Å². The van der Waals surface area contributed by atoms with E-state index >= 15 is 0 Å². The first-order chi connectivity index (χ1) is 10.4. The van der Waals surface area contributed by atoms with Crippen molar-refractivity contribution in [1.82, 2.24) is 10.2 Å². The molecule has 1 aromatic carbocycles. The summed E-state index contributed by atoms with van der Waals surface area (Å²) in [7, 11) is 1.27. The fourth-order valence-electron chi connectivity index (χ4n) is 2.43. The highest BCUT2D eigenvalue weighted by molar-refractivity contribution is 5.98. The second-order valence-corrected chi connectivity index (χ2v) is 5.18. The summed E-state index contributed by atoms with van der Waals surface area (Å²) in [5.74, 6) is -0.232. The molecule has 4 nitrogen and oxygen atoms in total. The molecular weight excluding hydrogens is 297 g/mol. The molecule has 2 rings (SSSR count). The van der Waals surface area contributed by atoms with Gasteiger partial charge >= 0.3 is 6.18 Å². The minimum absolute atomic E-state index is 0.0277. The fraction of sp³-hybridized carbons (Fsp3) is 0.533. The molecule has 1 N–H and O–H groups in total. The maximum Gasteiger partial charge on any atom is 0.416 e. The number of hydrogen-bond acceptors (Lipinski definition) is 4. The van der Waals surface area contributed by atoms with Crippen molar-refractivity contribution in [3.05, 3.63) is 29.3 Å². The number of alkyl halides is 3. The zero-order valence-corrected chi connectivity index (χ0v) is 12.4. The predicted octanol–water partition coefficient (Wildman–Crippen LogP) is 2.19. The van der Waals surface area contributed by atoms with E-state index in [9.17, 15) is 18.0 Å². The smallest absolute Gasteiger partial charge is 0.416 e. The van der Waals surface area contributed by atoms with Crippen LogP contribution in [0.2, 0.25) is 0 Å². The van der Waals surface area contributed by atoms with E-state index in [-0.39, 0.29) is 23.5 Å². The number of ether oxygens (including phenoxy) is 1. The number of benzene rings is 1. The Morgan fingerprint density at radius 3 is 2.59 bits per heavy atom. The third kappa shape index (κ3) is 4.20. The standard InChI is InChI=1S/C15H19F3N2O2/c1-22-14-10-11(15(16,17)18)2-3-12(14)13(21)4-7-20-8-5-19-6-9-20/h2-3,10,19H,4-9H2,1H3. The van der Waals surface area contributed by atoms with Gasteiger partial charge < -0.3 is 15.0 Å². The molecule has 0 spiro atoms. The van der Waals surface area contributed by atoms with Gasteiger partial charge in [0.15, 0.2) is 5.78 Å². The number of hydrogen-bond donors (Lipinski definition) is 1. The molecule has 122 valence electrons. The molecule has 22 heavy (non-hydrogen) atoms. The van der Waals surface area contributed by atoms with Gasteiger partial charge in [-0.1, -0.05) is 0 Å². The van der Waals surface area contributed by atoms with Gasteiger partial charge in [-0.25, -0.2) is 0 Å². The zero-order chi connectivity index (χ0) is 16.2. The number of halogens is 3. The Hall–Kier alpha value is -1.60. The van der Waals surface area contributed by atoms with Gasteiger partial charge in [-0.2, -0.15) is 13.2 Å². The lowest BCUT2D eigenvalue weighted by Crippen LogP contribution is -2.44. The fourth-order valence-corrected chi connectivity index (χ4v) is 2.43. The van der Waals surface area contributed by atoms with Crippen LogP contribution in [0.5, 0.6) is 5.75 Å². The number of nitrogens with zero attached hydrogens (tertiary/aromatic N) is 1. The molecular formula is C15H19F3N2O2. The molecule has 1 fully saturated rings. The number of carbonyl (C=O) groups is 1. The lowest BCUT2D eigenvalue weighted by molar-refractivity contribution is -0.137. The summed E-state index contributed by atoms with van der Waals surface area (Å²) in [6.07, 6.45) is -4.18. The van der Waals surface area contributed by atoms with Crippen LogP contribution < -0.4 is 10.1 Å². The number of methoxy groups -OCH3 is 1. The zero-order valence-electron chi connectivity index (χ0n) is 12.4. The Morgan fingerprint density at radius 1 is 1.32 bits per heavy atom. The van der Waals surface area contributed by atoms with E-state index in [1.807, 2.05) is 0 Å². The number of nitrogens with one attached hydrogen (secondary N) is 1. The van der Waals surface area contributed by atoms with Crippen molar-refractivity contribution < 1.29 is 22.7 Å². The van der Waals surface area contributed by atoms with Crippen molar-refractivity contribution in [2.75, 3.05) is 39.8 Å². The first-order valence-corrected chi connectivity index (χ1v) is 7.13. The van der Waals surface area contributed by atoms with Crippen molar-refractivity contribution in [1.29, 1.82) is 0 Å². The van der Waals surface area contributed by atoms with E-state index in [2.05, 4.69) is 10.2 Å². The topological polar surface area (TPSA) is 41.6 Å². The van der Waals surface area contributed by atoms with Gasteiger partial charge in [-0.3, -0.25) is 4.79 Å². The van der Waals surface area contributed by atoms with Gasteiger partial charge in [-0.15, -0.1) is 0 Å². The van der Waals surface area contributed by atoms with Crippen molar-refractivity contribution in [2.45, 2.75) is 12.6 Å². The van der Waals surface area contributed by atoms with Crippen LogP contribution in [0.3, 0.4) is 0 Å². The molecule has 0 amide bonds. The third-order valence-corrected chi connectivity index (χ3v) is 3.69. The van der Waals surface area contributed by atoms with Crippen molar-refractivity contribution >= 4 is 5.78 Å². The number of piperazine rings is 1. The summed E-state index contributed by atoms with van der Waals surface area (Å²) in [5.41, 5.74) is -0.617. The summed E-state index contributed by atoms with van der Waals surface area (Å²) >= 11 is 0. The van der Waals surface area contributed by atoms with Crippen molar-refractivity contribution in [3.8, 4) is 5.75 Å². The summed E-state index contributed by atoms with van der Waals surface area (Å²) in [5, 5.41) is 3.22. The minimum Gasteiger partial charge on any atom is -0.496 e. The van der Waals surface area contributed by atoms with Crippen LogP contribution in [0.4, 0.5) is 13.2 Å². The average Bonchev–Trinajstić information content (AvgIpc) is 2.52. The Bertz CT molecular complexity index is 526. The first-order valence-electron chi connectivity index (χ1n) is 7.13. The lowest BCUT2D eigenvalue weighted by atomic mass is 10.0. The predicted molar refractivity (Wildman–Crippen MR) is 76.3 cm³/mol. The van der Waals surface area contributed by atoms with Gasteiger partial charge in [0.05, 0.1) is 18.2 Å². The van der Waals surface area contributed by atoms with Crippen molar-refractivity contribution in [3.63, 3.8) is 0 Å².